The molecule has 0 spiro atoms. The van der Waals surface area contributed by atoms with E-state index < -0.39 is 6.04 Å². The van der Waals surface area contributed by atoms with Crippen molar-refractivity contribution in [2.45, 2.75) is 23.9 Å². The molecule has 3 N–H and O–H groups in total. The van der Waals surface area contributed by atoms with Gasteiger partial charge in [-0.1, -0.05) is 42.1 Å². The van der Waals surface area contributed by atoms with E-state index in [4.69, 9.17) is 24.3 Å². The molecule has 206 valence electrons. The molecule has 5 rings (SSSR count). The summed E-state index contributed by atoms with van der Waals surface area (Å²) in [6, 6.07) is 19.8. The highest BCUT2D eigenvalue weighted by molar-refractivity contribution is 7.98. The summed E-state index contributed by atoms with van der Waals surface area (Å²) in [5, 5.41) is 22.1. The number of hydrogen-bond donors (Lipinski definition) is 3. The Balaban J connectivity index is 1.55. The summed E-state index contributed by atoms with van der Waals surface area (Å²) in [6.07, 6.45) is 0. The van der Waals surface area contributed by atoms with Crippen molar-refractivity contribution in [2.24, 2.45) is 0 Å². The number of amides is 1. The molecule has 10 nitrogen and oxygen atoms in total. The highest BCUT2D eigenvalue weighted by atomic mass is 32.2. The van der Waals surface area contributed by atoms with Crippen LogP contribution in [0, 0.1) is 0 Å². The molecule has 0 aliphatic carbocycles. The van der Waals surface area contributed by atoms with Crippen LogP contribution in [0.25, 0.3) is 0 Å². The summed E-state index contributed by atoms with van der Waals surface area (Å²) in [5.41, 5.74) is 3.41. The molecule has 1 aliphatic heterocycles. The van der Waals surface area contributed by atoms with Crippen LogP contribution in [0.15, 0.2) is 83.2 Å². The number of allylic oxidation sites excluding steroid dienone is 1. The lowest BCUT2D eigenvalue weighted by molar-refractivity contribution is -0.113. The zero-order valence-corrected chi connectivity index (χ0v) is 23.3. The molecule has 3 aromatic carbocycles. The fraction of sp³-hybridized carbons (Fsp3) is 0.207. The van der Waals surface area contributed by atoms with Crippen LogP contribution in [0.5, 0.6) is 23.0 Å². The van der Waals surface area contributed by atoms with Gasteiger partial charge in [0.05, 0.1) is 26.9 Å². The summed E-state index contributed by atoms with van der Waals surface area (Å²) in [5.74, 6) is 1.82. The number of methoxy groups -OCH3 is 3. The van der Waals surface area contributed by atoms with Gasteiger partial charge >= 0.3 is 0 Å². The Morgan fingerprint density at radius 1 is 1.02 bits per heavy atom. The van der Waals surface area contributed by atoms with Crippen molar-refractivity contribution in [2.75, 3.05) is 32.0 Å². The van der Waals surface area contributed by atoms with Crippen LogP contribution < -0.4 is 24.8 Å². The Hall–Kier alpha value is -4.64. The van der Waals surface area contributed by atoms with Gasteiger partial charge in [-0.3, -0.25) is 4.79 Å². The lowest BCUT2D eigenvalue weighted by atomic mass is 9.94. The van der Waals surface area contributed by atoms with Crippen molar-refractivity contribution in [3.63, 3.8) is 0 Å². The zero-order valence-electron chi connectivity index (χ0n) is 22.5. The van der Waals surface area contributed by atoms with Gasteiger partial charge in [-0.25, -0.2) is 4.68 Å². The number of rotatable bonds is 9. The average Bonchev–Trinajstić information content (AvgIpc) is 3.38. The van der Waals surface area contributed by atoms with Crippen LogP contribution in [-0.4, -0.2) is 47.1 Å². The Morgan fingerprint density at radius 2 is 1.70 bits per heavy atom. The summed E-state index contributed by atoms with van der Waals surface area (Å²) in [7, 11) is 4.50. The van der Waals surface area contributed by atoms with Crippen LogP contribution in [-0.2, 0) is 10.5 Å². The van der Waals surface area contributed by atoms with Crippen molar-refractivity contribution in [3.8, 4) is 23.0 Å². The maximum absolute atomic E-state index is 13.8. The molecule has 0 radical (unpaired) electrons. The number of aromatic hydroxyl groups is 1. The van der Waals surface area contributed by atoms with E-state index in [1.54, 1.807) is 48.2 Å². The van der Waals surface area contributed by atoms with Crippen LogP contribution in [0.1, 0.15) is 24.1 Å². The van der Waals surface area contributed by atoms with Crippen LogP contribution >= 0.6 is 11.8 Å². The van der Waals surface area contributed by atoms with Crippen LogP contribution in [0.4, 0.5) is 11.6 Å². The quantitative estimate of drug-likeness (QED) is 0.237. The molecule has 1 aliphatic rings. The van der Waals surface area contributed by atoms with E-state index in [0.29, 0.717) is 45.1 Å². The first-order valence-electron chi connectivity index (χ1n) is 12.4. The number of thioether (sulfide) groups is 1. The number of hydrogen-bond acceptors (Lipinski definition) is 9. The number of phenols is 1. The van der Waals surface area contributed by atoms with Gasteiger partial charge in [-0.05, 0) is 54.4 Å². The lowest BCUT2D eigenvalue weighted by Crippen LogP contribution is -2.31. The number of fused-ring (bicyclic) bond motifs is 1. The Labute approximate surface area is 236 Å². The van der Waals surface area contributed by atoms with Gasteiger partial charge in [-0.15, -0.1) is 5.10 Å². The first-order valence-corrected chi connectivity index (χ1v) is 13.4. The number of benzene rings is 3. The maximum Gasteiger partial charge on any atom is 0.255 e. The van der Waals surface area contributed by atoms with Gasteiger partial charge in [0.2, 0.25) is 16.9 Å². The van der Waals surface area contributed by atoms with Gasteiger partial charge in [-0.2, -0.15) is 4.98 Å². The Kier molecular flexibility index (Phi) is 7.83. The first kappa shape index (κ1) is 26.9. The fourth-order valence-electron chi connectivity index (χ4n) is 4.46. The van der Waals surface area contributed by atoms with Crippen molar-refractivity contribution in [1.82, 2.24) is 14.8 Å². The van der Waals surface area contributed by atoms with Crippen molar-refractivity contribution in [3.05, 3.63) is 89.1 Å². The van der Waals surface area contributed by atoms with E-state index in [1.165, 1.54) is 26.0 Å². The molecule has 40 heavy (non-hydrogen) atoms. The van der Waals surface area contributed by atoms with Gasteiger partial charge < -0.3 is 30.0 Å². The second kappa shape index (κ2) is 11.6. The highest BCUT2D eigenvalue weighted by Crippen LogP contribution is 2.43. The highest BCUT2D eigenvalue weighted by Gasteiger charge is 2.35. The molecule has 1 amide bonds. The van der Waals surface area contributed by atoms with Crippen molar-refractivity contribution >= 4 is 29.3 Å². The SMILES string of the molecule is COc1ccc(NC(=O)C2=C(C)Nc3nc(SCc4ccccc4)nn3[C@@H]2c2cc(OC)c(O)c(OC)c2)cc1. The second-order valence-corrected chi connectivity index (χ2v) is 9.90. The smallest absolute Gasteiger partial charge is 0.255 e. The summed E-state index contributed by atoms with van der Waals surface area (Å²) in [6.45, 7) is 1.82. The van der Waals surface area contributed by atoms with Gasteiger partial charge in [0.25, 0.3) is 5.91 Å². The lowest BCUT2D eigenvalue weighted by Gasteiger charge is -2.29. The van der Waals surface area contributed by atoms with Gasteiger partial charge in [0, 0.05) is 17.1 Å². The van der Waals surface area contributed by atoms with E-state index in [2.05, 4.69) is 10.6 Å². The molecule has 0 saturated carbocycles. The predicted molar refractivity (Wildman–Crippen MR) is 153 cm³/mol. The minimum Gasteiger partial charge on any atom is -0.502 e. The molecular weight excluding hydrogens is 530 g/mol. The number of aromatic nitrogens is 3. The van der Waals surface area contributed by atoms with E-state index in [0.717, 1.165) is 5.56 Å². The number of nitrogens with one attached hydrogen (secondary N) is 2. The normalized spacial score (nSPS) is 14.2. The van der Waals surface area contributed by atoms with E-state index >= 15 is 0 Å². The van der Waals surface area contributed by atoms with Crippen molar-refractivity contribution < 1.29 is 24.1 Å². The molecular formula is C29H29N5O5S. The fourth-order valence-corrected chi connectivity index (χ4v) is 5.25. The zero-order chi connectivity index (χ0) is 28.2. The Morgan fingerprint density at radius 3 is 2.33 bits per heavy atom. The molecule has 11 heteroatoms. The molecule has 0 unspecified atom stereocenters. The van der Waals surface area contributed by atoms with Crippen LogP contribution in [0.3, 0.4) is 0 Å². The van der Waals surface area contributed by atoms with E-state index in [9.17, 15) is 9.90 Å². The number of carbonyl (C=O) groups excluding carboxylic acids is 1. The minimum atomic E-state index is -0.698. The summed E-state index contributed by atoms with van der Waals surface area (Å²) in [4.78, 5) is 18.5. The largest absolute Gasteiger partial charge is 0.502 e. The number of anilines is 2. The monoisotopic (exact) mass is 559 g/mol. The molecule has 4 aromatic rings. The van der Waals surface area contributed by atoms with Gasteiger partial charge in [0.1, 0.15) is 11.8 Å². The molecule has 1 atom stereocenters. The van der Waals surface area contributed by atoms with E-state index in [-0.39, 0.29) is 23.2 Å². The topological polar surface area (TPSA) is 120 Å². The third-order valence-electron chi connectivity index (χ3n) is 6.45. The molecule has 1 aromatic heterocycles. The third kappa shape index (κ3) is 5.41. The number of phenolic OH excluding ortho intramolecular Hbond substituents is 1. The third-order valence-corrected chi connectivity index (χ3v) is 7.36. The Bertz CT molecular complexity index is 1530. The van der Waals surface area contributed by atoms with E-state index in [1.807, 2.05) is 37.3 Å². The second-order valence-electron chi connectivity index (χ2n) is 8.96. The number of carbonyl (C=O) groups is 1. The molecule has 0 bridgehead atoms. The first-order chi connectivity index (χ1) is 19.4. The maximum atomic E-state index is 13.8. The number of ether oxygens (including phenoxy) is 3. The average molecular weight is 560 g/mol. The summed E-state index contributed by atoms with van der Waals surface area (Å²) >= 11 is 1.50. The predicted octanol–water partition coefficient (Wildman–Crippen LogP) is 5.23. The van der Waals surface area contributed by atoms with Crippen molar-refractivity contribution in [1.29, 1.82) is 0 Å². The number of nitrogens with zero attached hydrogens (tertiary/aromatic N) is 3. The molecule has 2 heterocycles. The molecule has 0 saturated heterocycles. The van der Waals surface area contributed by atoms with Gasteiger partial charge in [0.15, 0.2) is 11.5 Å². The standard InChI is InChI=1S/C29H29N5O5S/c1-17-24(27(36)31-20-10-12-21(37-2)13-11-20)25(19-14-22(38-3)26(35)23(15-19)39-4)34-28(30-17)32-29(33-34)40-16-18-8-6-5-7-9-18/h5-15,25,35H,16H2,1-4H3,(H,31,36)(H,30,32,33)/t25-/m1/s1. The molecule has 0 fully saturated rings. The minimum absolute atomic E-state index is 0.134. The summed E-state index contributed by atoms with van der Waals surface area (Å²) < 4.78 is 17.7. The van der Waals surface area contributed by atoms with Crippen LogP contribution in [0.2, 0.25) is 0 Å².